The summed E-state index contributed by atoms with van der Waals surface area (Å²) in [5.74, 6) is -1.24. The van der Waals surface area contributed by atoms with Crippen LogP contribution in [0.5, 0.6) is 6.01 Å². The molecule has 0 saturated heterocycles. The minimum Gasteiger partial charge on any atom is -0.466 e. The zero-order chi connectivity index (χ0) is 11.5. The average molecular weight is 234 g/mol. The third kappa shape index (κ3) is 3.94. The van der Waals surface area contributed by atoms with Crippen molar-refractivity contribution in [2.75, 3.05) is 24.4 Å². The SMILES string of the molecule is COc1n[nH]c(NC(=O)CS(C)(=O)=O)n1. The van der Waals surface area contributed by atoms with Gasteiger partial charge in [0.05, 0.1) is 7.11 Å². The minimum atomic E-state index is -3.35. The molecule has 0 aliphatic carbocycles. The number of amides is 1. The van der Waals surface area contributed by atoms with Crippen molar-refractivity contribution in [3.63, 3.8) is 0 Å². The van der Waals surface area contributed by atoms with Crippen molar-refractivity contribution in [2.24, 2.45) is 0 Å². The standard InChI is InChI=1S/C6H10N4O4S/c1-14-6-8-5(9-10-6)7-4(11)3-15(2,12)13/h3H2,1-2H3,(H2,7,8,9,10,11). The second kappa shape index (κ2) is 4.26. The van der Waals surface area contributed by atoms with E-state index < -0.39 is 21.5 Å². The number of sulfone groups is 1. The Labute approximate surface area is 86.0 Å². The Morgan fingerprint density at radius 3 is 2.73 bits per heavy atom. The first-order valence-electron chi connectivity index (χ1n) is 3.84. The Morgan fingerprint density at radius 2 is 2.27 bits per heavy atom. The van der Waals surface area contributed by atoms with Crippen molar-refractivity contribution in [1.82, 2.24) is 15.2 Å². The lowest BCUT2D eigenvalue weighted by molar-refractivity contribution is -0.113. The van der Waals surface area contributed by atoms with Crippen molar-refractivity contribution in [3.05, 3.63) is 0 Å². The Hall–Kier alpha value is -1.64. The molecule has 1 heterocycles. The number of methoxy groups -OCH3 is 1. The Bertz CT molecular complexity index is 451. The molecule has 0 unspecified atom stereocenters. The maximum Gasteiger partial charge on any atom is 0.336 e. The Kier molecular flexibility index (Phi) is 3.24. The van der Waals surface area contributed by atoms with Gasteiger partial charge in [-0.2, -0.15) is 4.98 Å². The summed E-state index contributed by atoms with van der Waals surface area (Å²) >= 11 is 0. The van der Waals surface area contributed by atoms with Crippen molar-refractivity contribution in [1.29, 1.82) is 0 Å². The van der Waals surface area contributed by atoms with Crippen LogP contribution in [0.2, 0.25) is 0 Å². The molecule has 1 aromatic rings. The molecule has 0 aliphatic heterocycles. The van der Waals surface area contributed by atoms with Gasteiger partial charge in [-0.15, -0.1) is 5.10 Å². The number of carbonyl (C=O) groups excluding carboxylic acids is 1. The largest absolute Gasteiger partial charge is 0.466 e. The van der Waals surface area contributed by atoms with E-state index in [-0.39, 0.29) is 12.0 Å². The smallest absolute Gasteiger partial charge is 0.336 e. The van der Waals surface area contributed by atoms with Crippen LogP contribution in [0.15, 0.2) is 0 Å². The van der Waals surface area contributed by atoms with Gasteiger partial charge >= 0.3 is 6.01 Å². The number of hydrogen-bond acceptors (Lipinski definition) is 6. The van der Waals surface area contributed by atoms with Gasteiger partial charge in [0, 0.05) is 6.26 Å². The number of carbonyl (C=O) groups is 1. The summed E-state index contributed by atoms with van der Waals surface area (Å²) in [6, 6.07) is 0.0599. The molecule has 15 heavy (non-hydrogen) atoms. The first kappa shape index (κ1) is 11.4. The van der Waals surface area contributed by atoms with Gasteiger partial charge < -0.3 is 4.74 Å². The summed E-state index contributed by atoms with van der Waals surface area (Å²) in [6.45, 7) is 0. The van der Waals surface area contributed by atoms with Gasteiger partial charge in [0.2, 0.25) is 11.9 Å². The molecule has 1 aromatic heterocycles. The van der Waals surface area contributed by atoms with Gasteiger partial charge in [-0.05, 0) is 0 Å². The second-order valence-electron chi connectivity index (χ2n) is 2.79. The van der Waals surface area contributed by atoms with Crippen LogP contribution < -0.4 is 10.1 Å². The van der Waals surface area contributed by atoms with Crippen LogP contribution in [0.1, 0.15) is 0 Å². The molecule has 1 amide bonds. The van der Waals surface area contributed by atoms with E-state index in [4.69, 9.17) is 0 Å². The molecular weight excluding hydrogens is 224 g/mol. The van der Waals surface area contributed by atoms with Gasteiger partial charge in [-0.25, -0.2) is 13.5 Å². The zero-order valence-electron chi connectivity index (χ0n) is 8.14. The van der Waals surface area contributed by atoms with Gasteiger partial charge in [0.1, 0.15) is 5.75 Å². The summed E-state index contributed by atoms with van der Waals surface area (Å²) in [5, 5.41) is 8.15. The number of anilines is 1. The van der Waals surface area contributed by atoms with Gasteiger partial charge in [-0.3, -0.25) is 10.1 Å². The third-order valence-corrected chi connectivity index (χ3v) is 2.09. The molecule has 0 aromatic carbocycles. The molecule has 1 rings (SSSR count). The average Bonchev–Trinajstić information content (AvgIpc) is 2.48. The third-order valence-electron chi connectivity index (χ3n) is 1.30. The lowest BCUT2D eigenvalue weighted by atomic mass is 10.7. The zero-order valence-corrected chi connectivity index (χ0v) is 8.96. The lowest BCUT2D eigenvalue weighted by Gasteiger charge is -1.98. The van der Waals surface area contributed by atoms with E-state index in [9.17, 15) is 13.2 Å². The van der Waals surface area contributed by atoms with Crippen LogP contribution in [-0.2, 0) is 14.6 Å². The predicted octanol–water partition coefficient (Wildman–Crippen LogP) is -1.20. The highest BCUT2D eigenvalue weighted by Crippen LogP contribution is 2.04. The quantitative estimate of drug-likeness (QED) is 0.676. The summed E-state index contributed by atoms with van der Waals surface area (Å²) in [7, 11) is -1.98. The van der Waals surface area contributed by atoms with Gasteiger partial charge in [-0.1, -0.05) is 0 Å². The van der Waals surface area contributed by atoms with E-state index >= 15 is 0 Å². The number of hydrogen-bond donors (Lipinski definition) is 2. The van der Waals surface area contributed by atoms with Crippen LogP contribution in [0.4, 0.5) is 5.95 Å². The first-order chi connectivity index (χ1) is 6.90. The molecule has 0 radical (unpaired) electrons. The molecule has 0 aliphatic rings. The highest BCUT2D eigenvalue weighted by Gasteiger charge is 2.12. The molecule has 0 bridgehead atoms. The molecular formula is C6H10N4O4S. The molecule has 84 valence electrons. The summed E-state index contributed by atoms with van der Waals surface area (Å²) in [5.41, 5.74) is 0. The number of aromatic amines is 1. The molecule has 2 N–H and O–H groups in total. The van der Waals surface area contributed by atoms with Crippen molar-refractivity contribution in [2.45, 2.75) is 0 Å². The topological polar surface area (TPSA) is 114 Å². The second-order valence-corrected chi connectivity index (χ2v) is 4.93. The number of aromatic nitrogens is 3. The normalized spacial score (nSPS) is 11.1. The highest BCUT2D eigenvalue weighted by molar-refractivity contribution is 7.91. The van der Waals surface area contributed by atoms with Crippen LogP contribution in [0.25, 0.3) is 0 Å². The number of ether oxygens (including phenoxy) is 1. The van der Waals surface area contributed by atoms with E-state index in [0.29, 0.717) is 0 Å². The van der Waals surface area contributed by atoms with Crippen LogP contribution in [0.3, 0.4) is 0 Å². The van der Waals surface area contributed by atoms with E-state index in [1.807, 2.05) is 0 Å². The van der Waals surface area contributed by atoms with Crippen LogP contribution in [0, 0.1) is 0 Å². The van der Waals surface area contributed by atoms with E-state index in [1.54, 1.807) is 0 Å². The molecule has 9 heteroatoms. The van der Waals surface area contributed by atoms with Gasteiger partial charge in [0.25, 0.3) is 0 Å². The van der Waals surface area contributed by atoms with Crippen molar-refractivity contribution in [3.8, 4) is 6.01 Å². The maximum atomic E-state index is 11.1. The number of nitrogens with one attached hydrogen (secondary N) is 2. The number of H-pyrrole nitrogens is 1. The summed E-state index contributed by atoms with van der Waals surface area (Å²) in [6.07, 6.45) is 0.966. The molecule has 0 spiro atoms. The fourth-order valence-corrected chi connectivity index (χ4v) is 1.35. The fourth-order valence-electron chi connectivity index (χ4n) is 0.800. The number of nitrogens with zero attached hydrogens (tertiary/aromatic N) is 2. The van der Waals surface area contributed by atoms with Crippen molar-refractivity contribution >= 4 is 21.7 Å². The molecule has 0 saturated carbocycles. The fraction of sp³-hybridized carbons (Fsp3) is 0.500. The monoisotopic (exact) mass is 234 g/mol. The van der Waals surface area contributed by atoms with Crippen molar-refractivity contribution < 1.29 is 17.9 Å². The Morgan fingerprint density at radius 1 is 1.60 bits per heavy atom. The predicted molar refractivity (Wildman–Crippen MR) is 51.3 cm³/mol. The van der Waals surface area contributed by atoms with Crippen LogP contribution >= 0.6 is 0 Å². The van der Waals surface area contributed by atoms with Gasteiger partial charge in [0.15, 0.2) is 9.84 Å². The molecule has 0 atom stereocenters. The highest BCUT2D eigenvalue weighted by atomic mass is 32.2. The minimum absolute atomic E-state index is 0.0421. The van der Waals surface area contributed by atoms with E-state index in [0.717, 1.165) is 6.26 Å². The first-order valence-corrected chi connectivity index (χ1v) is 5.91. The maximum absolute atomic E-state index is 11.1. The molecule has 8 nitrogen and oxygen atoms in total. The molecule has 0 fully saturated rings. The van der Waals surface area contributed by atoms with Crippen LogP contribution in [-0.4, -0.2) is 48.6 Å². The Balaban J connectivity index is 2.59. The lowest BCUT2D eigenvalue weighted by Crippen LogP contribution is -2.22. The summed E-state index contributed by atoms with van der Waals surface area (Å²) in [4.78, 5) is 14.8. The van der Waals surface area contributed by atoms with E-state index in [2.05, 4.69) is 25.2 Å². The summed E-state index contributed by atoms with van der Waals surface area (Å²) < 4.78 is 26.2. The number of rotatable bonds is 4. The van der Waals surface area contributed by atoms with E-state index in [1.165, 1.54) is 7.11 Å².